The van der Waals surface area contributed by atoms with Gasteiger partial charge in [0.15, 0.2) is 11.6 Å². The predicted molar refractivity (Wildman–Crippen MR) is 102 cm³/mol. The molecule has 1 amide bonds. The van der Waals surface area contributed by atoms with Crippen molar-refractivity contribution in [1.29, 1.82) is 0 Å². The number of hydrogen-bond acceptors (Lipinski definition) is 3. The van der Waals surface area contributed by atoms with Gasteiger partial charge in [-0.05, 0) is 31.9 Å². The molecule has 2 unspecified atom stereocenters. The zero-order valence-corrected chi connectivity index (χ0v) is 16.3. The largest absolute Gasteiger partial charge is 0.490 e. The number of hydrogen-bond donors (Lipinski definition) is 0. The third-order valence-corrected chi connectivity index (χ3v) is 5.13. The second-order valence-electron chi connectivity index (χ2n) is 7.56. The van der Waals surface area contributed by atoms with Crippen LogP contribution in [0.5, 0.6) is 5.75 Å². The number of imidazole rings is 1. The molecule has 1 aromatic heterocycles. The Hall–Kier alpha value is -2.37. The van der Waals surface area contributed by atoms with E-state index in [1.54, 1.807) is 24.4 Å². The molecule has 1 aliphatic rings. The molecule has 1 aliphatic heterocycles. The monoisotopic (exact) mass is 373 g/mol. The minimum atomic E-state index is -0.351. The number of amides is 1. The summed E-state index contributed by atoms with van der Waals surface area (Å²) >= 11 is 0. The minimum absolute atomic E-state index is 0.102. The van der Waals surface area contributed by atoms with Gasteiger partial charge < -0.3 is 14.2 Å². The topological polar surface area (TPSA) is 47.4 Å². The number of ether oxygens (including phenoxy) is 1. The molecule has 0 spiro atoms. The third-order valence-electron chi connectivity index (χ3n) is 5.13. The van der Waals surface area contributed by atoms with Gasteiger partial charge in [-0.1, -0.05) is 26.0 Å². The molecule has 27 heavy (non-hydrogen) atoms. The highest BCUT2D eigenvalue weighted by Crippen LogP contribution is 2.24. The molecule has 3 rings (SSSR count). The van der Waals surface area contributed by atoms with Crippen LogP contribution < -0.4 is 4.74 Å². The molecule has 0 bridgehead atoms. The molecular weight excluding hydrogens is 345 g/mol. The summed E-state index contributed by atoms with van der Waals surface area (Å²) in [6.45, 7) is 7.89. The van der Waals surface area contributed by atoms with Crippen molar-refractivity contribution in [3.8, 4) is 5.75 Å². The molecule has 1 aromatic carbocycles. The summed E-state index contributed by atoms with van der Waals surface area (Å²) in [5.74, 6) is 1.42. The number of halogens is 1. The number of carbonyl (C=O) groups excluding carboxylic acids is 1. The molecule has 0 N–H and O–H groups in total. The zero-order valence-electron chi connectivity index (χ0n) is 16.3. The van der Waals surface area contributed by atoms with Crippen LogP contribution in [-0.4, -0.2) is 40.1 Å². The van der Waals surface area contributed by atoms with Crippen LogP contribution in [0.4, 0.5) is 4.39 Å². The summed E-state index contributed by atoms with van der Waals surface area (Å²) < 4.78 is 21.3. The Balaban J connectivity index is 1.61. The van der Waals surface area contributed by atoms with E-state index >= 15 is 0 Å². The maximum atomic E-state index is 13.7. The lowest BCUT2D eigenvalue weighted by atomic mass is 9.98. The van der Waals surface area contributed by atoms with Crippen molar-refractivity contribution in [2.24, 2.45) is 5.92 Å². The van der Waals surface area contributed by atoms with Gasteiger partial charge in [0.05, 0.1) is 6.61 Å². The van der Waals surface area contributed by atoms with Gasteiger partial charge in [0.25, 0.3) is 0 Å². The molecule has 1 saturated heterocycles. The number of carbonyl (C=O) groups is 1. The Bertz CT molecular complexity index is 774. The molecule has 1 fully saturated rings. The fraction of sp³-hybridized carbons (Fsp3) is 0.524. The van der Waals surface area contributed by atoms with E-state index in [9.17, 15) is 9.18 Å². The Morgan fingerprint density at radius 3 is 2.85 bits per heavy atom. The molecule has 0 radical (unpaired) electrons. The van der Waals surface area contributed by atoms with Crippen LogP contribution in [0.1, 0.15) is 51.4 Å². The van der Waals surface area contributed by atoms with E-state index in [-0.39, 0.29) is 35.4 Å². The Morgan fingerprint density at radius 1 is 1.33 bits per heavy atom. The minimum Gasteiger partial charge on any atom is -0.490 e. The molecule has 146 valence electrons. The first-order valence-corrected chi connectivity index (χ1v) is 9.66. The van der Waals surface area contributed by atoms with Crippen molar-refractivity contribution in [1.82, 2.24) is 14.5 Å². The quantitative estimate of drug-likeness (QED) is 0.768. The fourth-order valence-corrected chi connectivity index (χ4v) is 3.65. The van der Waals surface area contributed by atoms with Crippen molar-refractivity contribution in [3.63, 3.8) is 0 Å². The van der Waals surface area contributed by atoms with Gasteiger partial charge in [0.2, 0.25) is 5.91 Å². The van der Waals surface area contributed by atoms with Gasteiger partial charge >= 0.3 is 0 Å². The van der Waals surface area contributed by atoms with Gasteiger partial charge in [-0.15, -0.1) is 0 Å². The lowest BCUT2D eigenvalue weighted by Crippen LogP contribution is -2.44. The Kier molecular flexibility index (Phi) is 6.14. The lowest BCUT2D eigenvalue weighted by Gasteiger charge is -2.34. The molecule has 5 nitrogen and oxygen atoms in total. The van der Waals surface area contributed by atoms with Gasteiger partial charge in [-0.3, -0.25) is 4.79 Å². The number of para-hydroxylation sites is 1. The van der Waals surface area contributed by atoms with E-state index in [1.807, 2.05) is 22.6 Å². The van der Waals surface area contributed by atoms with Crippen LogP contribution in [-0.2, 0) is 4.79 Å². The summed E-state index contributed by atoms with van der Waals surface area (Å²) in [5.41, 5.74) is 0. The normalized spacial score (nSPS) is 18.6. The van der Waals surface area contributed by atoms with Gasteiger partial charge in [0.1, 0.15) is 11.9 Å². The number of piperidine rings is 1. The summed E-state index contributed by atoms with van der Waals surface area (Å²) in [5, 5.41) is 0. The number of rotatable bonds is 6. The first kappa shape index (κ1) is 19.4. The highest BCUT2D eigenvalue weighted by Gasteiger charge is 2.29. The van der Waals surface area contributed by atoms with Crippen molar-refractivity contribution in [2.75, 3.05) is 19.7 Å². The molecule has 2 atom stereocenters. The smallest absolute Gasteiger partial charge is 0.245 e. The van der Waals surface area contributed by atoms with Gasteiger partial charge in [-0.25, -0.2) is 9.37 Å². The predicted octanol–water partition coefficient (Wildman–Crippen LogP) is 4.02. The summed E-state index contributed by atoms with van der Waals surface area (Å²) in [6.07, 6.45) is 5.54. The van der Waals surface area contributed by atoms with Crippen LogP contribution in [0.2, 0.25) is 0 Å². The first-order valence-electron chi connectivity index (χ1n) is 9.66. The maximum absolute atomic E-state index is 13.7. The zero-order chi connectivity index (χ0) is 19.4. The van der Waals surface area contributed by atoms with E-state index < -0.39 is 0 Å². The second-order valence-corrected chi connectivity index (χ2v) is 7.56. The number of aromatic nitrogens is 2. The Labute approximate surface area is 160 Å². The van der Waals surface area contributed by atoms with E-state index in [0.717, 1.165) is 25.2 Å². The van der Waals surface area contributed by atoms with Crippen molar-refractivity contribution in [3.05, 3.63) is 48.3 Å². The van der Waals surface area contributed by atoms with E-state index in [4.69, 9.17) is 4.74 Å². The molecule has 6 heteroatoms. The standard InChI is InChI=1S/C21H28FN3O2/c1-15(2)20-23-10-12-25(20)16(3)21(26)24-11-6-7-17(13-24)14-27-19-9-5-4-8-18(19)22/h4-5,8-10,12,15-17H,6-7,11,13-14H2,1-3H3. The number of likely N-dealkylation sites (tertiary alicyclic amines) is 1. The Morgan fingerprint density at radius 2 is 2.11 bits per heavy atom. The highest BCUT2D eigenvalue weighted by atomic mass is 19.1. The SMILES string of the molecule is CC(C)c1nccn1C(C)C(=O)N1CCCC(COc2ccccc2F)C1. The number of benzene rings is 1. The molecular formula is C21H28FN3O2. The maximum Gasteiger partial charge on any atom is 0.245 e. The average Bonchev–Trinajstić information content (AvgIpc) is 3.16. The summed E-state index contributed by atoms with van der Waals surface area (Å²) in [7, 11) is 0. The summed E-state index contributed by atoms with van der Waals surface area (Å²) in [4.78, 5) is 19.3. The van der Waals surface area contributed by atoms with Gasteiger partial charge in [0, 0.05) is 37.3 Å². The van der Waals surface area contributed by atoms with Crippen LogP contribution >= 0.6 is 0 Å². The van der Waals surface area contributed by atoms with E-state index in [0.29, 0.717) is 13.2 Å². The van der Waals surface area contributed by atoms with Crippen LogP contribution in [0, 0.1) is 11.7 Å². The third kappa shape index (κ3) is 4.49. The van der Waals surface area contributed by atoms with E-state index in [1.165, 1.54) is 6.07 Å². The van der Waals surface area contributed by atoms with Crippen LogP contribution in [0.15, 0.2) is 36.7 Å². The summed E-state index contributed by atoms with van der Waals surface area (Å²) in [6, 6.07) is 6.15. The molecule has 2 heterocycles. The molecule has 2 aromatic rings. The molecule has 0 aliphatic carbocycles. The average molecular weight is 373 g/mol. The van der Waals surface area contributed by atoms with Crippen molar-refractivity contribution < 1.29 is 13.9 Å². The highest BCUT2D eigenvalue weighted by molar-refractivity contribution is 5.80. The van der Waals surface area contributed by atoms with Crippen LogP contribution in [0.3, 0.4) is 0 Å². The lowest BCUT2D eigenvalue weighted by molar-refractivity contribution is -0.136. The second kappa shape index (κ2) is 8.55. The van der Waals surface area contributed by atoms with E-state index in [2.05, 4.69) is 18.8 Å². The van der Waals surface area contributed by atoms with Crippen LogP contribution in [0.25, 0.3) is 0 Å². The van der Waals surface area contributed by atoms with Crippen molar-refractivity contribution >= 4 is 5.91 Å². The van der Waals surface area contributed by atoms with Gasteiger partial charge in [-0.2, -0.15) is 0 Å². The van der Waals surface area contributed by atoms with Crippen molar-refractivity contribution in [2.45, 2.75) is 45.6 Å². The molecule has 0 saturated carbocycles. The number of nitrogens with zero attached hydrogens (tertiary/aromatic N) is 3. The fourth-order valence-electron chi connectivity index (χ4n) is 3.65. The first-order chi connectivity index (χ1) is 13.0.